The number of carbonyl (C=O) groups is 1. The molecule has 3 rings (SSSR count). The minimum atomic E-state index is -0.0476. The Morgan fingerprint density at radius 1 is 1.47 bits per heavy atom. The van der Waals surface area contributed by atoms with Crippen molar-refractivity contribution in [2.45, 2.75) is 22.5 Å². The van der Waals surface area contributed by atoms with E-state index in [9.17, 15) is 4.79 Å². The summed E-state index contributed by atoms with van der Waals surface area (Å²) in [5.41, 5.74) is 1.34. The molecule has 2 aliphatic rings. The quantitative estimate of drug-likeness (QED) is 0.680. The number of ether oxygens (including phenoxy) is 1. The van der Waals surface area contributed by atoms with E-state index in [2.05, 4.69) is 24.3 Å². The summed E-state index contributed by atoms with van der Waals surface area (Å²) in [4.78, 5) is 12.9. The van der Waals surface area contributed by atoms with Gasteiger partial charge in [0.1, 0.15) is 0 Å². The molecular weight excluding hydrogens is 208 g/mol. The van der Waals surface area contributed by atoms with Gasteiger partial charge in [0.25, 0.3) is 0 Å². The Kier molecular flexibility index (Phi) is 2.02. The van der Waals surface area contributed by atoms with Crippen molar-refractivity contribution in [3.05, 3.63) is 29.8 Å². The third-order valence-corrected chi connectivity index (χ3v) is 4.79. The fourth-order valence-electron chi connectivity index (χ4n) is 2.57. The van der Waals surface area contributed by atoms with Crippen molar-refractivity contribution in [3.63, 3.8) is 0 Å². The van der Waals surface area contributed by atoms with E-state index in [4.69, 9.17) is 4.74 Å². The van der Waals surface area contributed by atoms with Gasteiger partial charge in [-0.25, -0.2) is 0 Å². The first-order chi connectivity index (χ1) is 7.31. The van der Waals surface area contributed by atoms with Crippen LogP contribution in [-0.4, -0.2) is 18.3 Å². The largest absolute Gasteiger partial charge is 0.469 e. The maximum Gasteiger partial charge on any atom is 0.309 e. The van der Waals surface area contributed by atoms with Crippen molar-refractivity contribution < 1.29 is 9.53 Å². The summed E-state index contributed by atoms with van der Waals surface area (Å²) >= 11 is 1.91. The van der Waals surface area contributed by atoms with E-state index in [0.29, 0.717) is 11.2 Å². The summed E-state index contributed by atoms with van der Waals surface area (Å²) in [6.07, 6.45) is 0.969. The lowest BCUT2D eigenvalue weighted by atomic mass is 9.70. The van der Waals surface area contributed by atoms with Gasteiger partial charge in [0, 0.05) is 16.1 Å². The average molecular weight is 220 g/mol. The van der Waals surface area contributed by atoms with E-state index in [1.165, 1.54) is 17.6 Å². The first-order valence-electron chi connectivity index (χ1n) is 5.14. The van der Waals surface area contributed by atoms with Crippen LogP contribution in [0.2, 0.25) is 0 Å². The van der Waals surface area contributed by atoms with Gasteiger partial charge in [-0.05, 0) is 18.1 Å². The highest BCUT2D eigenvalue weighted by atomic mass is 32.2. The van der Waals surface area contributed by atoms with Crippen LogP contribution in [0.4, 0.5) is 0 Å². The van der Waals surface area contributed by atoms with Crippen LogP contribution in [0.5, 0.6) is 0 Å². The Hall–Kier alpha value is -0.960. The van der Waals surface area contributed by atoms with E-state index < -0.39 is 0 Å². The first kappa shape index (κ1) is 9.28. The molecule has 1 aromatic rings. The van der Waals surface area contributed by atoms with Crippen LogP contribution >= 0.6 is 11.8 Å². The van der Waals surface area contributed by atoms with Crippen LogP contribution in [-0.2, 0) is 9.53 Å². The molecule has 2 nitrogen and oxygen atoms in total. The molecule has 1 fully saturated rings. The predicted molar refractivity (Wildman–Crippen MR) is 59.0 cm³/mol. The van der Waals surface area contributed by atoms with Crippen molar-refractivity contribution in [1.29, 1.82) is 0 Å². The van der Waals surface area contributed by atoms with Crippen molar-refractivity contribution in [3.8, 4) is 0 Å². The zero-order valence-electron chi connectivity index (χ0n) is 8.47. The highest BCUT2D eigenvalue weighted by molar-refractivity contribution is 8.00. The van der Waals surface area contributed by atoms with Crippen molar-refractivity contribution in [1.82, 2.24) is 0 Å². The maximum atomic E-state index is 11.5. The number of benzene rings is 1. The molecule has 3 heteroatoms. The Labute approximate surface area is 93.0 Å². The number of hydrogen-bond acceptors (Lipinski definition) is 3. The number of esters is 1. The highest BCUT2D eigenvalue weighted by Crippen LogP contribution is 2.59. The molecule has 0 N–H and O–H groups in total. The van der Waals surface area contributed by atoms with Crippen LogP contribution in [0, 0.1) is 5.92 Å². The molecule has 15 heavy (non-hydrogen) atoms. The Balaban J connectivity index is 1.92. The zero-order chi connectivity index (χ0) is 10.4. The van der Waals surface area contributed by atoms with Gasteiger partial charge in [-0.3, -0.25) is 4.79 Å². The minimum absolute atomic E-state index is 0.0476. The third-order valence-electron chi connectivity index (χ3n) is 3.38. The van der Waals surface area contributed by atoms with Crippen LogP contribution in [0.15, 0.2) is 29.2 Å². The second-order valence-corrected chi connectivity index (χ2v) is 5.37. The van der Waals surface area contributed by atoms with Crippen molar-refractivity contribution in [2.24, 2.45) is 5.92 Å². The summed E-state index contributed by atoms with van der Waals surface area (Å²) in [5, 5.41) is 0.603. The lowest BCUT2D eigenvalue weighted by Gasteiger charge is -2.37. The molecule has 0 bridgehead atoms. The topological polar surface area (TPSA) is 26.3 Å². The van der Waals surface area contributed by atoms with Gasteiger partial charge in [-0.15, -0.1) is 11.8 Å². The number of carbonyl (C=O) groups excluding carboxylic acids is 1. The molecule has 3 atom stereocenters. The summed E-state index contributed by atoms with van der Waals surface area (Å²) < 4.78 is 4.83. The van der Waals surface area contributed by atoms with Crippen molar-refractivity contribution in [2.75, 3.05) is 7.11 Å². The van der Waals surface area contributed by atoms with Crippen molar-refractivity contribution >= 4 is 17.7 Å². The summed E-state index contributed by atoms with van der Waals surface area (Å²) in [5.74, 6) is 0.448. The molecule has 0 spiro atoms. The van der Waals surface area contributed by atoms with Crippen LogP contribution < -0.4 is 0 Å². The van der Waals surface area contributed by atoms with Gasteiger partial charge in [-0.2, -0.15) is 0 Å². The van der Waals surface area contributed by atoms with Gasteiger partial charge in [0.05, 0.1) is 13.0 Å². The lowest BCUT2D eigenvalue weighted by molar-refractivity contribution is -0.149. The van der Waals surface area contributed by atoms with Gasteiger partial charge in [0.15, 0.2) is 0 Å². The molecular formula is C12H12O2S. The van der Waals surface area contributed by atoms with E-state index in [-0.39, 0.29) is 11.9 Å². The highest BCUT2D eigenvalue weighted by Gasteiger charge is 2.51. The number of rotatable bonds is 1. The predicted octanol–water partition coefficient (Wildman–Crippen LogP) is 2.44. The second-order valence-electron chi connectivity index (χ2n) is 4.09. The Morgan fingerprint density at radius 2 is 2.27 bits per heavy atom. The molecule has 0 amide bonds. The Bertz CT molecular complexity index is 416. The van der Waals surface area contributed by atoms with E-state index >= 15 is 0 Å². The summed E-state index contributed by atoms with van der Waals surface area (Å²) in [7, 11) is 1.48. The lowest BCUT2D eigenvalue weighted by Crippen LogP contribution is -2.39. The number of thioether (sulfide) groups is 1. The zero-order valence-corrected chi connectivity index (χ0v) is 9.29. The maximum absolute atomic E-state index is 11.5. The van der Waals surface area contributed by atoms with E-state index in [1.807, 2.05) is 11.8 Å². The molecule has 1 aliphatic heterocycles. The van der Waals surface area contributed by atoms with Crippen LogP contribution in [0.25, 0.3) is 0 Å². The monoisotopic (exact) mass is 220 g/mol. The normalized spacial score (nSPS) is 31.4. The molecule has 3 unspecified atom stereocenters. The van der Waals surface area contributed by atoms with E-state index in [1.54, 1.807) is 0 Å². The fraction of sp³-hybridized carbons (Fsp3) is 0.417. The third kappa shape index (κ3) is 1.22. The molecule has 1 heterocycles. The molecule has 78 valence electrons. The number of fused-ring (bicyclic) bond motifs is 3. The summed E-state index contributed by atoms with van der Waals surface area (Å²) in [6.45, 7) is 0. The van der Waals surface area contributed by atoms with Crippen LogP contribution in [0.3, 0.4) is 0 Å². The van der Waals surface area contributed by atoms with Gasteiger partial charge in [0.2, 0.25) is 0 Å². The molecule has 0 radical (unpaired) electrons. The van der Waals surface area contributed by atoms with Gasteiger partial charge in [-0.1, -0.05) is 18.2 Å². The number of hydrogen-bond donors (Lipinski definition) is 0. The Morgan fingerprint density at radius 3 is 3.07 bits per heavy atom. The second kappa shape index (κ2) is 3.27. The van der Waals surface area contributed by atoms with Gasteiger partial charge < -0.3 is 4.74 Å². The SMILES string of the molecule is COC(=O)C1CC2Sc3ccccc3C21. The molecule has 1 saturated carbocycles. The average Bonchev–Trinajstić information content (AvgIpc) is 2.51. The summed E-state index contributed by atoms with van der Waals surface area (Å²) in [6, 6.07) is 8.40. The molecule has 0 aromatic heterocycles. The molecule has 0 saturated heterocycles. The first-order valence-corrected chi connectivity index (χ1v) is 6.02. The fourth-order valence-corrected chi connectivity index (χ4v) is 4.18. The van der Waals surface area contributed by atoms with E-state index in [0.717, 1.165) is 6.42 Å². The molecule has 1 aliphatic carbocycles. The number of methoxy groups -OCH3 is 1. The van der Waals surface area contributed by atoms with Gasteiger partial charge >= 0.3 is 5.97 Å². The smallest absolute Gasteiger partial charge is 0.309 e. The van der Waals surface area contributed by atoms with Crippen LogP contribution in [0.1, 0.15) is 17.9 Å². The standard InChI is InChI=1S/C12H12O2S/c1-14-12(13)8-6-10-11(8)7-4-2-3-5-9(7)15-10/h2-5,8,10-11H,6H2,1H3. The minimum Gasteiger partial charge on any atom is -0.469 e. The molecule has 1 aromatic carbocycles.